The number of hydrogen-bond acceptors (Lipinski definition) is 3. The highest BCUT2D eigenvalue weighted by Gasteiger charge is 2.29. The minimum absolute atomic E-state index is 0. The number of ether oxygens (including phenoxy) is 1. The molecule has 0 aromatic heterocycles. The standard InChI is InChI=1S/C18H28N2O2.ClH/c1-13-6-5-7-14(10-13)17(18(2,3)4)20-16(21)11-15-12-19-8-9-22-15;/h5-7,10,15,17,19H,8-9,11-12H2,1-4H3,(H,20,21);1H. The predicted octanol–water partition coefficient (Wildman–Crippen LogP) is 3.00. The van der Waals surface area contributed by atoms with Gasteiger partial charge in [-0.15, -0.1) is 12.4 Å². The first-order valence-electron chi connectivity index (χ1n) is 8.04. The van der Waals surface area contributed by atoms with Crippen LogP contribution in [0.15, 0.2) is 24.3 Å². The number of morpholine rings is 1. The molecule has 1 amide bonds. The third-order valence-electron chi connectivity index (χ3n) is 3.96. The fourth-order valence-electron chi connectivity index (χ4n) is 2.83. The van der Waals surface area contributed by atoms with Gasteiger partial charge in [0.1, 0.15) is 0 Å². The summed E-state index contributed by atoms with van der Waals surface area (Å²) in [4.78, 5) is 12.4. The highest BCUT2D eigenvalue weighted by molar-refractivity contribution is 5.85. The molecule has 1 aromatic rings. The maximum Gasteiger partial charge on any atom is 0.223 e. The molecule has 1 aliphatic rings. The summed E-state index contributed by atoms with van der Waals surface area (Å²) in [6, 6.07) is 8.35. The van der Waals surface area contributed by atoms with Gasteiger partial charge in [-0.25, -0.2) is 0 Å². The minimum atomic E-state index is -0.0465. The van der Waals surface area contributed by atoms with Crippen LogP contribution >= 0.6 is 12.4 Å². The van der Waals surface area contributed by atoms with Crippen molar-refractivity contribution in [2.75, 3.05) is 19.7 Å². The van der Waals surface area contributed by atoms with E-state index >= 15 is 0 Å². The van der Waals surface area contributed by atoms with Gasteiger partial charge < -0.3 is 15.4 Å². The van der Waals surface area contributed by atoms with Crippen LogP contribution in [0.1, 0.15) is 44.4 Å². The first-order chi connectivity index (χ1) is 10.4. The minimum Gasteiger partial charge on any atom is -0.375 e. The Morgan fingerprint density at radius 2 is 2.17 bits per heavy atom. The molecule has 0 bridgehead atoms. The first kappa shape index (κ1) is 19.9. The van der Waals surface area contributed by atoms with Gasteiger partial charge in [-0.3, -0.25) is 4.79 Å². The smallest absolute Gasteiger partial charge is 0.223 e. The number of hydrogen-bond donors (Lipinski definition) is 2. The van der Waals surface area contributed by atoms with E-state index in [0.29, 0.717) is 13.0 Å². The van der Waals surface area contributed by atoms with Gasteiger partial charge in [0, 0.05) is 13.1 Å². The van der Waals surface area contributed by atoms with Crippen LogP contribution in [0.5, 0.6) is 0 Å². The van der Waals surface area contributed by atoms with E-state index in [1.807, 2.05) is 6.07 Å². The number of halogens is 1. The average molecular weight is 341 g/mol. The van der Waals surface area contributed by atoms with Crippen molar-refractivity contribution in [3.05, 3.63) is 35.4 Å². The lowest BCUT2D eigenvalue weighted by Gasteiger charge is -2.33. The van der Waals surface area contributed by atoms with E-state index in [-0.39, 0.29) is 35.9 Å². The van der Waals surface area contributed by atoms with Crippen molar-refractivity contribution in [2.45, 2.75) is 46.3 Å². The maximum atomic E-state index is 12.4. The molecule has 1 aromatic carbocycles. The molecule has 4 nitrogen and oxygen atoms in total. The Morgan fingerprint density at radius 3 is 2.74 bits per heavy atom. The number of amides is 1. The van der Waals surface area contributed by atoms with E-state index in [2.05, 4.69) is 56.5 Å². The summed E-state index contributed by atoms with van der Waals surface area (Å²) in [5.74, 6) is 0.0510. The van der Waals surface area contributed by atoms with Crippen LogP contribution in [0.25, 0.3) is 0 Å². The van der Waals surface area contributed by atoms with E-state index in [1.165, 1.54) is 5.56 Å². The molecule has 1 fully saturated rings. The highest BCUT2D eigenvalue weighted by Crippen LogP contribution is 2.33. The monoisotopic (exact) mass is 340 g/mol. The predicted molar refractivity (Wildman–Crippen MR) is 96.0 cm³/mol. The van der Waals surface area contributed by atoms with Gasteiger partial charge in [0.25, 0.3) is 0 Å². The van der Waals surface area contributed by atoms with Gasteiger partial charge in [0.15, 0.2) is 0 Å². The van der Waals surface area contributed by atoms with Gasteiger partial charge >= 0.3 is 0 Å². The van der Waals surface area contributed by atoms with E-state index in [4.69, 9.17) is 4.74 Å². The maximum absolute atomic E-state index is 12.4. The quantitative estimate of drug-likeness (QED) is 0.885. The molecule has 2 N–H and O–H groups in total. The van der Waals surface area contributed by atoms with E-state index in [9.17, 15) is 4.79 Å². The molecule has 130 valence electrons. The molecular weight excluding hydrogens is 312 g/mol. The Hall–Kier alpha value is -1.10. The molecule has 1 saturated heterocycles. The number of rotatable bonds is 4. The Kier molecular flexibility index (Phi) is 7.52. The molecule has 2 atom stereocenters. The zero-order valence-corrected chi connectivity index (χ0v) is 15.3. The summed E-state index contributed by atoms with van der Waals surface area (Å²) in [6.45, 7) is 10.8. The Bertz CT molecular complexity index is 508. The molecule has 2 unspecified atom stereocenters. The number of nitrogens with one attached hydrogen (secondary N) is 2. The molecule has 1 aliphatic heterocycles. The SMILES string of the molecule is Cc1cccc(C(NC(=O)CC2CNCCO2)C(C)(C)C)c1.Cl. The van der Waals surface area contributed by atoms with Crippen molar-refractivity contribution in [3.8, 4) is 0 Å². The second kappa shape index (κ2) is 8.67. The number of carbonyl (C=O) groups excluding carboxylic acids is 1. The van der Waals surface area contributed by atoms with Gasteiger partial charge in [0.2, 0.25) is 5.91 Å². The first-order valence-corrected chi connectivity index (χ1v) is 8.04. The van der Waals surface area contributed by atoms with Crippen molar-refractivity contribution in [3.63, 3.8) is 0 Å². The molecular formula is C18H29ClN2O2. The van der Waals surface area contributed by atoms with Crippen LogP contribution in [0, 0.1) is 12.3 Å². The van der Waals surface area contributed by atoms with E-state index < -0.39 is 0 Å². The van der Waals surface area contributed by atoms with Gasteiger partial charge in [-0.05, 0) is 17.9 Å². The molecule has 2 rings (SSSR count). The summed E-state index contributed by atoms with van der Waals surface area (Å²) in [7, 11) is 0. The summed E-state index contributed by atoms with van der Waals surface area (Å²) in [5.41, 5.74) is 2.32. The molecule has 0 spiro atoms. The summed E-state index contributed by atoms with van der Waals surface area (Å²) < 4.78 is 5.62. The van der Waals surface area contributed by atoms with Crippen LogP contribution in [0.4, 0.5) is 0 Å². The summed E-state index contributed by atoms with van der Waals surface area (Å²) >= 11 is 0. The molecule has 0 saturated carbocycles. The van der Waals surface area contributed by atoms with Crippen molar-refractivity contribution in [1.82, 2.24) is 10.6 Å². The van der Waals surface area contributed by atoms with E-state index in [1.54, 1.807) is 0 Å². The number of benzene rings is 1. The lowest BCUT2D eigenvalue weighted by atomic mass is 9.82. The van der Waals surface area contributed by atoms with Crippen LogP contribution in [-0.4, -0.2) is 31.7 Å². The number of carbonyl (C=O) groups is 1. The molecule has 23 heavy (non-hydrogen) atoms. The average Bonchev–Trinajstić information content (AvgIpc) is 2.44. The zero-order chi connectivity index (χ0) is 16.2. The van der Waals surface area contributed by atoms with Gasteiger partial charge in [-0.2, -0.15) is 0 Å². The Morgan fingerprint density at radius 1 is 1.43 bits per heavy atom. The van der Waals surface area contributed by atoms with Gasteiger partial charge in [0.05, 0.1) is 25.2 Å². The lowest BCUT2D eigenvalue weighted by molar-refractivity contribution is -0.126. The van der Waals surface area contributed by atoms with Crippen molar-refractivity contribution < 1.29 is 9.53 Å². The lowest BCUT2D eigenvalue weighted by Crippen LogP contribution is -2.43. The fraction of sp³-hybridized carbons (Fsp3) is 0.611. The topological polar surface area (TPSA) is 50.4 Å². The highest BCUT2D eigenvalue weighted by atomic mass is 35.5. The van der Waals surface area contributed by atoms with Crippen LogP contribution < -0.4 is 10.6 Å². The van der Waals surface area contributed by atoms with Crippen molar-refractivity contribution in [2.24, 2.45) is 5.41 Å². The van der Waals surface area contributed by atoms with Crippen LogP contribution in [0.3, 0.4) is 0 Å². The second-order valence-electron chi connectivity index (χ2n) is 7.18. The molecule has 5 heteroatoms. The van der Waals surface area contributed by atoms with E-state index in [0.717, 1.165) is 18.7 Å². The van der Waals surface area contributed by atoms with Crippen molar-refractivity contribution in [1.29, 1.82) is 0 Å². The largest absolute Gasteiger partial charge is 0.375 e. The molecule has 0 aliphatic carbocycles. The second-order valence-corrected chi connectivity index (χ2v) is 7.18. The summed E-state index contributed by atoms with van der Waals surface area (Å²) in [6.07, 6.45) is 0.387. The third kappa shape index (κ3) is 6.13. The van der Waals surface area contributed by atoms with Crippen LogP contribution in [0.2, 0.25) is 0 Å². The molecule has 0 radical (unpaired) electrons. The number of aryl methyl sites for hydroxylation is 1. The fourth-order valence-corrected chi connectivity index (χ4v) is 2.83. The molecule has 1 heterocycles. The summed E-state index contributed by atoms with van der Waals surface area (Å²) in [5, 5.41) is 6.46. The Balaban J connectivity index is 0.00000264. The van der Waals surface area contributed by atoms with Gasteiger partial charge in [-0.1, -0.05) is 50.6 Å². The third-order valence-corrected chi connectivity index (χ3v) is 3.96. The normalized spacial score (nSPS) is 19.6. The van der Waals surface area contributed by atoms with Crippen molar-refractivity contribution >= 4 is 18.3 Å². The zero-order valence-electron chi connectivity index (χ0n) is 14.5. The Labute approximate surface area is 145 Å². The van der Waals surface area contributed by atoms with Crippen LogP contribution in [-0.2, 0) is 9.53 Å².